The van der Waals surface area contributed by atoms with Crippen molar-refractivity contribution in [3.8, 4) is 0 Å². The number of aromatic nitrogens is 3. The molecule has 0 unspecified atom stereocenters. The Kier molecular flexibility index (Phi) is 3.37. The molecule has 0 atom stereocenters. The van der Waals surface area contributed by atoms with Crippen LogP contribution < -0.4 is 10.6 Å². The first-order valence-electron chi connectivity index (χ1n) is 6.72. The van der Waals surface area contributed by atoms with E-state index in [0.717, 1.165) is 25.1 Å². The van der Waals surface area contributed by atoms with Gasteiger partial charge in [0, 0.05) is 24.8 Å². The van der Waals surface area contributed by atoms with Crippen LogP contribution in [0.4, 0.5) is 5.69 Å². The van der Waals surface area contributed by atoms with Gasteiger partial charge in [-0.2, -0.15) is 5.10 Å². The van der Waals surface area contributed by atoms with Gasteiger partial charge in [-0.25, -0.2) is 4.98 Å². The summed E-state index contributed by atoms with van der Waals surface area (Å²) in [4.78, 5) is 16.2. The van der Waals surface area contributed by atoms with Crippen LogP contribution in [-0.4, -0.2) is 27.2 Å². The lowest BCUT2D eigenvalue weighted by Crippen LogP contribution is -2.24. The highest BCUT2D eigenvalue weighted by molar-refractivity contribution is 5.94. The SMILES string of the molecule is Cn1cnc(CNC(=O)c2ccc3c(c2)CCCN3)n1. The van der Waals surface area contributed by atoms with Crippen LogP contribution in [0.25, 0.3) is 0 Å². The van der Waals surface area contributed by atoms with Crippen LogP contribution in [-0.2, 0) is 20.0 Å². The fraction of sp³-hybridized carbons (Fsp3) is 0.357. The first-order valence-corrected chi connectivity index (χ1v) is 6.72. The molecule has 6 nitrogen and oxygen atoms in total. The van der Waals surface area contributed by atoms with E-state index in [0.29, 0.717) is 17.9 Å². The molecule has 1 aromatic carbocycles. The molecule has 2 N–H and O–H groups in total. The largest absolute Gasteiger partial charge is 0.385 e. The third-order valence-electron chi connectivity index (χ3n) is 3.36. The Morgan fingerprint density at radius 3 is 3.20 bits per heavy atom. The molecule has 0 spiro atoms. The van der Waals surface area contributed by atoms with E-state index >= 15 is 0 Å². The van der Waals surface area contributed by atoms with Crippen LogP contribution >= 0.6 is 0 Å². The van der Waals surface area contributed by atoms with Crippen molar-refractivity contribution in [3.63, 3.8) is 0 Å². The molecule has 1 aliphatic heterocycles. The maximum absolute atomic E-state index is 12.1. The average molecular weight is 271 g/mol. The van der Waals surface area contributed by atoms with Gasteiger partial charge in [0.1, 0.15) is 6.33 Å². The van der Waals surface area contributed by atoms with Gasteiger partial charge in [-0.05, 0) is 36.6 Å². The number of anilines is 1. The van der Waals surface area contributed by atoms with Gasteiger partial charge in [-0.3, -0.25) is 9.48 Å². The second-order valence-electron chi connectivity index (χ2n) is 4.92. The van der Waals surface area contributed by atoms with E-state index in [9.17, 15) is 4.79 Å². The number of carbonyl (C=O) groups is 1. The van der Waals surface area contributed by atoms with Crippen molar-refractivity contribution in [2.45, 2.75) is 19.4 Å². The summed E-state index contributed by atoms with van der Waals surface area (Å²) in [6.07, 6.45) is 3.74. The maximum Gasteiger partial charge on any atom is 0.251 e. The second kappa shape index (κ2) is 5.32. The van der Waals surface area contributed by atoms with E-state index in [2.05, 4.69) is 20.7 Å². The topological polar surface area (TPSA) is 71.8 Å². The lowest BCUT2D eigenvalue weighted by Gasteiger charge is -2.18. The molecular weight excluding hydrogens is 254 g/mol. The van der Waals surface area contributed by atoms with Gasteiger partial charge >= 0.3 is 0 Å². The van der Waals surface area contributed by atoms with Crippen molar-refractivity contribution >= 4 is 11.6 Å². The number of carbonyl (C=O) groups excluding carboxylic acids is 1. The highest BCUT2D eigenvalue weighted by Gasteiger charge is 2.12. The molecule has 1 aromatic heterocycles. The number of fused-ring (bicyclic) bond motifs is 1. The van der Waals surface area contributed by atoms with Crippen molar-refractivity contribution in [2.24, 2.45) is 7.05 Å². The zero-order valence-electron chi connectivity index (χ0n) is 11.4. The lowest BCUT2D eigenvalue weighted by atomic mass is 10.0. The van der Waals surface area contributed by atoms with Crippen LogP contribution in [0.5, 0.6) is 0 Å². The summed E-state index contributed by atoms with van der Waals surface area (Å²) in [5.74, 6) is 0.520. The van der Waals surface area contributed by atoms with Gasteiger partial charge in [0.25, 0.3) is 5.91 Å². The highest BCUT2D eigenvalue weighted by atomic mass is 16.1. The molecule has 20 heavy (non-hydrogen) atoms. The molecule has 2 aromatic rings. The van der Waals surface area contributed by atoms with Gasteiger partial charge in [-0.15, -0.1) is 0 Å². The summed E-state index contributed by atoms with van der Waals surface area (Å²) in [7, 11) is 1.80. The van der Waals surface area contributed by atoms with Crippen molar-refractivity contribution in [3.05, 3.63) is 41.5 Å². The summed E-state index contributed by atoms with van der Waals surface area (Å²) in [5.41, 5.74) is 3.03. The fourth-order valence-corrected chi connectivity index (χ4v) is 2.34. The van der Waals surface area contributed by atoms with Crippen molar-refractivity contribution in [1.29, 1.82) is 0 Å². The molecule has 6 heteroatoms. The number of benzene rings is 1. The number of rotatable bonds is 3. The molecule has 0 bridgehead atoms. The Bertz CT molecular complexity index is 634. The molecule has 0 fully saturated rings. The number of aryl methyl sites for hydroxylation is 2. The first-order chi connectivity index (χ1) is 9.72. The van der Waals surface area contributed by atoms with Crippen LogP contribution in [0.3, 0.4) is 0 Å². The highest BCUT2D eigenvalue weighted by Crippen LogP contribution is 2.22. The predicted octanol–water partition coefficient (Wildman–Crippen LogP) is 1.10. The van der Waals surface area contributed by atoms with E-state index in [1.54, 1.807) is 18.1 Å². The molecular formula is C14H17N5O. The Balaban J connectivity index is 1.67. The number of amides is 1. The van der Waals surface area contributed by atoms with Crippen LogP contribution in [0.15, 0.2) is 24.5 Å². The summed E-state index contributed by atoms with van der Waals surface area (Å²) in [5, 5.41) is 10.3. The smallest absolute Gasteiger partial charge is 0.251 e. The van der Waals surface area contributed by atoms with Gasteiger partial charge in [0.2, 0.25) is 0 Å². The van der Waals surface area contributed by atoms with Crippen molar-refractivity contribution in [1.82, 2.24) is 20.1 Å². The van der Waals surface area contributed by atoms with E-state index in [1.807, 2.05) is 18.2 Å². The van der Waals surface area contributed by atoms with Gasteiger partial charge in [-0.1, -0.05) is 0 Å². The lowest BCUT2D eigenvalue weighted by molar-refractivity contribution is 0.0950. The minimum atomic E-state index is -0.0918. The quantitative estimate of drug-likeness (QED) is 0.877. The fourth-order valence-electron chi connectivity index (χ4n) is 2.34. The summed E-state index contributed by atoms with van der Waals surface area (Å²) in [6.45, 7) is 1.35. The van der Waals surface area contributed by atoms with Gasteiger partial charge in [0.05, 0.1) is 6.54 Å². The van der Waals surface area contributed by atoms with Crippen molar-refractivity contribution < 1.29 is 4.79 Å². The van der Waals surface area contributed by atoms with E-state index < -0.39 is 0 Å². The molecule has 104 valence electrons. The predicted molar refractivity (Wildman–Crippen MR) is 75.4 cm³/mol. The molecule has 1 aliphatic rings. The molecule has 0 saturated heterocycles. The minimum absolute atomic E-state index is 0.0918. The third kappa shape index (κ3) is 2.64. The summed E-state index contributed by atoms with van der Waals surface area (Å²) in [6, 6.07) is 5.78. The number of nitrogens with one attached hydrogen (secondary N) is 2. The Hall–Kier alpha value is -2.37. The van der Waals surface area contributed by atoms with Crippen LogP contribution in [0, 0.1) is 0 Å². The van der Waals surface area contributed by atoms with Crippen molar-refractivity contribution in [2.75, 3.05) is 11.9 Å². The zero-order valence-corrected chi connectivity index (χ0v) is 11.4. The maximum atomic E-state index is 12.1. The molecule has 2 heterocycles. The Morgan fingerprint density at radius 2 is 2.40 bits per heavy atom. The van der Waals surface area contributed by atoms with Crippen LogP contribution in [0.2, 0.25) is 0 Å². The first kappa shape index (κ1) is 12.7. The standard InChI is InChI=1S/C14H17N5O/c1-19-9-17-13(18-19)8-16-14(20)11-4-5-12-10(7-11)3-2-6-15-12/h4-5,7,9,15H,2-3,6,8H2,1H3,(H,16,20). The molecule has 0 aliphatic carbocycles. The minimum Gasteiger partial charge on any atom is -0.385 e. The van der Waals surface area contributed by atoms with E-state index in [4.69, 9.17) is 0 Å². The third-order valence-corrected chi connectivity index (χ3v) is 3.36. The normalized spacial score (nSPS) is 13.4. The van der Waals surface area contributed by atoms with Gasteiger partial charge in [0.15, 0.2) is 5.82 Å². The Labute approximate surface area is 117 Å². The molecule has 0 radical (unpaired) electrons. The summed E-state index contributed by atoms with van der Waals surface area (Å²) < 4.78 is 1.62. The Morgan fingerprint density at radius 1 is 1.50 bits per heavy atom. The molecule has 0 saturated carbocycles. The number of hydrogen-bond acceptors (Lipinski definition) is 4. The monoisotopic (exact) mass is 271 g/mol. The van der Waals surface area contributed by atoms with Gasteiger partial charge < -0.3 is 10.6 Å². The molecule has 1 amide bonds. The van der Waals surface area contributed by atoms with Crippen LogP contribution in [0.1, 0.15) is 28.2 Å². The molecule has 3 rings (SSSR count). The second-order valence-corrected chi connectivity index (χ2v) is 4.92. The summed E-state index contributed by atoms with van der Waals surface area (Å²) >= 11 is 0. The number of nitrogens with zero attached hydrogens (tertiary/aromatic N) is 3. The van der Waals surface area contributed by atoms with E-state index in [1.165, 1.54) is 5.56 Å². The number of hydrogen-bond donors (Lipinski definition) is 2. The zero-order chi connectivity index (χ0) is 13.9. The van der Waals surface area contributed by atoms with E-state index in [-0.39, 0.29) is 5.91 Å². The average Bonchev–Trinajstić information content (AvgIpc) is 2.90.